The number of rotatable bonds is 1. The quantitative estimate of drug-likeness (QED) is 0.817. The lowest BCUT2D eigenvalue weighted by molar-refractivity contribution is -0.110. The number of amides is 1. The third kappa shape index (κ3) is 2.40. The molecule has 0 radical (unpaired) electrons. The molecule has 0 aromatic heterocycles. The van der Waals surface area contributed by atoms with Gasteiger partial charge in [0.05, 0.1) is 11.4 Å². The van der Waals surface area contributed by atoms with E-state index < -0.39 is 0 Å². The van der Waals surface area contributed by atoms with E-state index in [1.54, 1.807) is 0 Å². The van der Waals surface area contributed by atoms with Crippen molar-refractivity contribution in [2.45, 2.75) is 20.8 Å². The number of para-hydroxylation sites is 1. The molecule has 1 heterocycles. The Morgan fingerprint density at radius 2 is 1.71 bits per heavy atom. The largest absolute Gasteiger partial charge is 0.320 e. The van der Waals surface area contributed by atoms with E-state index in [4.69, 9.17) is 0 Å². The second kappa shape index (κ2) is 5.11. The van der Waals surface area contributed by atoms with Gasteiger partial charge in [0.25, 0.3) is 5.91 Å². The lowest BCUT2D eigenvalue weighted by Gasteiger charge is -2.06. The average molecular weight is 343 g/mol. The van der Waals surface area contributed by atoms with Crippen LogP contribution in [0.25, 0.3) is 0 Å². The summed E-state index contributed by atoms with van der Waals surface area (Å²) in [6, 6.07) is 9.93. The van der Waals surface area contributed by atoms with Crippen LogP contribution in [0.2, 0.25) is 0 Å². The van der Waals surface area contributed by atoms with Crippen molar-refractivity contribution < 1.29 is 4.79 Å². The van der Waals surface area contributed by atoms with Crippen molar-refractivity contribution in [2.75, 3.05) is 5.32 Å². The first-order chi connectivity index (χ1) is 9.97. The first-order valence-corrected chi connectivity index (χ1v) is 7.53. The molecular weight excluding hydrogens is 328 g/mol. The zero-order chi connectivity index (χ0) is 15.1. The van der Waals surface area contributed by atoms with Crippen LogP contribution in [0.4, 0.5) is 11.4 Å². The number of halogens is 1. The molecule has 4 heteroatoms. The zero-order valence-electron chi connectivity index (χ0n) is 12.1. The van der Waals surface area contributed by atoms with Gasteiger partial charge < -0.3 is 5.32 Å². The molecule has 0 saturated carbocycles. The molecule has 1 aliphatic rings. The van der Waals surface area contributed by atoms with Gasteiger partial charge in [0.15, 0.2) is 0 Å². The number of carbonyl (C=O) groups excluding carboxylic acids is 1. The maximum atomic E-state index is 12.3. The standard InChI is InChI=1S/C17H15BrN2O/c1-9-5-4-6-10(2)14(9)19-16-13-8-12(18)7-11(3)15(13)20-17(16)21/h4-8H,1-3H3,(H,19,20,21). The van der Waals surface area contributed by atoms with Crippen molar-refractivity contribution in [3.8, 4) is 0 Å². The Hall–Kier alpha value is -1.94. The minimum atomic E-state index is -0.145. The van der Waals surface area contributed by atoms with Gasteiger partial charge >= 0.3 is 0 Å². The van der Waals surface area contributed by atoms with Crippen molar-refractivity contribution >= 4 is 38.9 Å². The van der Waals surface area contributed by atoms with E-state index >= 15 is 0 Å². The number of benzene rings is 2. The number of carbonyl (C=O) groups is 1. The van der Waals surface area contributed by atoms with E-state index in [0.717, 1.165) is 38.1 Å². The van der Waals surface area contributed by atoms with Crippen LogP contribution in [-0.2, 0) is 4.79 Å². The molecule has 0 bridgehead atoms. The lowest BCUT2D eigenvalue weighted by atomic mass is 10.1. The molecule has 0 spiro atoms. The molecule has 1 aliphatic heterocycles. The van der Waals surface area contributed by atoms with Crippen LogP contribution in [-0.4, -0.2) is 11.6 Å². The summed E-state index contributed by atoms with van der Waals surface area (Å²) in [5.74, 6) is -0.145. The molecule has 1 N–H and O–H groups in total. The van der Waals surface area contributed by atoms with E-state index in [1.807, 2.05) is 51.1 Å². The van der Waals surface area contributed by atoms with Gasteiger partial charge in [-0.3, -0.25) is 4.79 Å². The van der Waals surface area contributed by atoms with Crippen molar-refractivity contribution in [2.24, 2.45) is 4.99 Å². The van der Waals surface area contributed by atoms with E-state index in [9.17, 15) is 4.79 Å². The van der Waals surface area contributed by atoms with Gasteiger partial charge in [0.1, 0.15) is 5.71 Å². The number of hydrogen-bond acceptors (Lipinski definition) is 2. The molecule has 0 saturated heterocycles. The van der Waals surface area contributed by atoms with Crippen LogP contribution in [0.1, 0.15) is 22.3 Å². The maximum Gasteiger partial charge on any atom is 0.275 e. The van der Waals surface area contributed by atoms with E-state index in [0.29, 0.717) is 5.71 Å². The minimum absolute atomic E-state index is 0.145. The summed E-state index contributed by atoms with van der Waals surface area (Å²) in [5.41, 5.74) is 6.22. The Bertz CT molecular complexity index is 773. The average Bonchev–Trinajstić information content (AvgIpc) is 2.71. The van der Waals surface area contributed by atoms with E-state index in [-0.39, 0.29) is 5.91 Å². The third-order valence-corrected chi connectivity index (χ3v) is 4.13. The predicted octanol–water partition coefficient (Wildman–Crippen LogP) is 4.45. The van der Waals surface area contributed by atoms with Gasteiger partial charge in [0.2, 0.25) is 0 Å². The van der Waals surface area contributed by atoms with Crippen molar-refractivity contribution in [3.63, 3.8) is 0 Å². The number of nitrogens with zero attached hydrogens (tertiary/aromatic N) is 1. The minimum Gasteiger partial charge on any atom is -0.320 e. The number of aryl methyl sites for hydroxylation is 3. The summed E-state index contributed by atoms with van der Waals surface area (Å²) < 4.78 is 0.949. The van der Waals surface area contributed by atoms with E-state index in [2.05, 4.69) is 26.2 Å². The second-order valence-corrected chi connectivity index (χ2v) is 6.22. The smallest absolute Gasteiger partial charge is 0.275 e. The van der Waals surface area contributed by atoms with Crippen LogP contribution in [0, 0.1) is 20.8 Å². The molecule has 0 aliphatic carbocycles. The highest BCUT2D eigenvalue weighted by Gasteiger charge is 2.28. The summed E-state index contributed by atoms with van der Waals surface area (Å²) in [6.45, 7) is 5.99. The molecule has 1 amide bonds. The van der Waals surface area contributed by atoms with Gasteiger partial charge in [-0.05, 0) is 49.6 Å². The number of fused-ring (bicyclic) bond motifs is 1. The van der Waals surface area contributed by atoms with Crippen LogP contribution in [0.15, 0.2) is 39.8 Å². The van der Waals surface area contributed by atoms with Crippen molar-refractivity contribution in [1.82, 2.24) is 0 Å². The Morgan fingerprint density at radius 3 is 2.38 bits per heavy atom. The number of hydrogen-bond donors (Lipinski definition) is 1. The SMILES string of the molecule is Cc1cccc(C)c1N=C1C(=O)Nc2c(C)cc(Br)cc21. The Labute approximate surface area is 132 Å². The summed E-state index contributed by atoms with van der Waals surface area (Å²) in [7, 11) is 0. The van der Waals surface area contributed by atoms with Crippen LogP contribution < -0.4 is 5.32 Å². The molecule has 0 fully saturated rings. The fourth-order valence-electron chi connectivity index (χ4n) is 2.60. The first kappa shape index (κ1) is 14.0. The van der Waals surface area contributed by atoms with Crippen molar-refractivity contribution in [1.29, 1.82) is 0 Å². The fourth-order valence-corrected chi connectivity index (χ4v) is 3.17. The molecule has 3 rings (SSSR count). The first-order valence-electron chi connectivity index (χ1n) is 6.74. The van der Waals surface area contributed by atoms with Gasteiger partial charge in [-0.2, -0.15) is 0 Å². The number of anilines is 1. The van der Waals surface area contributed by atoms with Gasteiger partial charge in [-0.25, -0.2) is 4.99 Å². The van der Waals surface area contributed by atoms with Crippen LogP contribution in [0.5, 0.6) is 0 Å². The molecule has 2 aromatic carbocycles. The van der Waals surface area contributed by atoms with Gasteiger partial charge in [0, 0.05) is 10.0 Å². The van der Waals surface area contributed by atoms with Crippen molar-refractivity contribution in [3.05, 3.63) is 57.1 Å². The highest BCUT2D eigenvalue weighted by molar-refractivity contribution is 9.10. The molecule has 2 aromatic rings. The lowest BCUT2D eigenvalue weighted by Crippen LogP contribution is -2.14. The maximum absolute atomic E-state index is 12.3. The number of nitrogens with one attached hydrogen (secondary N) is 1. The topological polar surface area (TPSA) is 41.5 Å². The fraction of sp³-hybridized carbons (Fsp3) is 0.176. The molecule has 21 heavy (non-hydrogen) atoms. The molecule has 0 atom stereocenters. The van der Waals surface area contributed by atoms with Gasteiger partial charge in [-0.1, -0.05) is 34.1 Å². The summed E-state index contributed by atoms with van der Waals surface area (Å²) in [5, 5.41) is 2.91. The summed E-state index contributed by atoms with van der Waals surface area (Å²) in [4.78, 5) is 16.9. The second-order valence-electron chi connectivity index (χ2n) is 5.30. The molecular formula is C17H15BrN2O. The third-order valence-electron chi connectivity index (χ3n) is 3.67. The monoisotopic (exact) mass is 342 g/mol. The zero-order valence-corrected chi connectivity index (χ0v) is 13.7. The summed E-state index contributed by atoms with van der Waals surface area (Å²) in [6.07, 6.45) is 0. The molecule has 106 valence electrons. The Kier molecular flexibility index (Phi) is 3.41. The molecule has 0 unspecified atom stereocenters. The Balaban J connectivity index is 2.22. The van der Waals surface area contributed by atoms with E-state index in [1.165, 1.54) is 0 Å². The van der Waals surface area contributed by atoms with Crippen LogP contribution in [0.3, 0.4) is 0 Å². The van der Waals surface area contributed by atoms with Crippen LogP contribution >= 0.6 is 15.9 Å². The summed E-state index contributed by atoms with van der Waals surface area (Å²) >= 11 is 3.48. The highest BCUT2D eigenvalue weighted by atomic mass is 79.9. The highest BCUT2D eigenvalue weighted by Crippen LogP contribution is 2.33. The predicted molar refractivity (Wildman–Crippen MR) is 89.6 cm³/mol. The Morgan fingerprint density at radius 1 is 1.05 bits per heavy atom. The normalized spacial score (nSPS) is 15.2. The van der Waals surface area contributed by atoms with Gasteiger partial charge in [-0.15, -0.1) is 0 Å². The molecule has 3 nitrogen and oxygen atoms in total. The number of aliphatic imine (C=N–C) groups is 1.